The molecule has 0 bridgehead atoms. The Bertz CT molecular complexity index is 339. The van der Waals surface area contributed by atoms with Gasteiger partial charge in [0, 0.05) is 6.54 Å². The Hall–Kier alpha value is -1.07. The first-order valence-corrected chi connectivity index (χ1v) is 5.14. The zero-order chi connectivity index (χ0) is 11.6. The predicted octanol–water partition coefficient (Wildman–Crippen LogP) is 3.27. The number of benzene rings is 1. The van der Waals surface area contributed by atoms with Gasteiger partial charge in [0.1, 0.15) is 0 Å². The summed E-state index contributed by atoms with van der Waals surface area (Å²) in [4.78, 5) is 4.00. The van der Waals surface area contributed by atoms with Crippen LogP contribution in [0.4, 0.5) is 13.2 Å². The van der Waals surface area contributed by atoms with E-state index in [1.807, 2.05) is 30.3 Å². The van der Waals surface area contributed by atoms with Gasteiger partial charge in [-0.1, -0.05) is 30.3 Å². The Morgan fingerprint density at radius 2 is 1.88 bits per heavy atom. The van der Waals surface area contributed by atoms with Crippen LogP contribution < -0.4 is 0 Å². The molecular formula is C11H12F3NO. The molecule has 0 spiro atoms. The van der Waals surface area contributed by atoms with Crippen molar-refractivity contribution in [2.75, 3.05) is 6.54 Å². The zero-order valence-corrected chi connectivity index (χ0v) is 8.57. The van der Waals surface area contributed by atoms with Crippen LogP contribution in [0.25, 0.3) is 0 Å². The second kappa shape index (κ2) is 4.43. The third-order valence-electron chi connectivity index (χ3n) is 2.61. The van der Waals surface area contributed by atoms with Crippen molar-refractivity contribution in [1.29, 1.82) is 0 Å². The SMILES string of the molecule is FC(F)(F)ON1CCCC1c1ccccc1. The van der Waals surface area contributed by atoms with Crippen LogP contribution in [0.5, 0.6) is 0 Å². The number of alkyl halides is 3. The van der Waals surface area contributed by atoms with Gasteiger partial charge in [0.2, 0.25) is 0 Å². The molecule has 1 aliphatic rings. The van der Waals surface area contributed by atoms with Crippen molar-refractivity contribution in [3.05, 3.63) is 35.9 Å². The number of hydrogen-bond acceptors (Lipinski definition) is 2. The van der Waals surface area contributed by atoms with Crippen LogP contribution in [-0.2, 0) is 4.84 Å². The van der Waals surface area contributed by atoms with E-state index >= 15 is 0 Å². The molecule has 1 atom stereocenters. The molecule has 2 rings (SSSR count). The normalized spacial score (nSPS) is 22.6. The van der Waals surface area contributed by atoms with Gasteiger partial charge in [-0.2, -0.15) is 9.90 Å². The van der Waals surface area contributed by atoms with Gasteiger partial charge in [0.25, 0.3) is 0 Å². The molecular weight excluding hydrogens is 219 g/mol. The Morgan fingerprint density at radius 3 is 2.50 bits per heavy atom. The summed E-state index contributed by atoms with van der Waals surface area (Å²) in [6.07, 6.45) is -3.19. The lowest BCUT2D eigenvalue weighted by atomic mass is 10.1. The van der Waals surface area contributed by atoms with E-state index in [-0.39, 0.29) is 6.04 Å². The molecule has 1 aliphatic heterocycles. The van der Waals surface area contributed by atoms with Crippen molar-refractivity contribution in [3.8, 4) is 0 Å². The molecule has 2 nitrogen and oxygen atoms in total. The van der Waals surface area contributed by atoms with Crippen LogP contribution >= 0.6 is 0 Å². The molecule has 1 saturated heterocycles. The molecule has 1 aromatic rings. The summed E-state index contributed by atoms with van der Waals surface area (Å²) in [5, 5.41) is 1.02. The monoisotopic (exact) mass is 231 g/mol. The summed E-state index contributed by atoms with van der Waals surface area (Å²) in [6.45, 7) is 0.319. The van der Waals surface area contributed by atoms with Crippen LogP contribution in [0.2, 0.25) is 0 Å². The van der Waals surface area contributed by atoms with Gasteiger partial charge < -0.3 is 0 Å². The van der Waals surface area contributed by atoms with Gasteiger partial charge in [-0.05, 0) is 18.4 Å². The maximum absolute atomic E-state index is 12.1. The summed E-state index contributed by atoms with van der Waals surface area (Å²) in [7, 11) is 0. The van der Waals surface area contributed by atoms with Gasteiger partial charge in [0.05, 0.1) is 6.04 Å². The lowest BCUT2D eigenvalue weighted by Crippen LogP contribution is -2.31. The Labute approximate surface area is 91.6 Å². The van der Waals surface area contributed by atoms with Crippen molar-refractivity contribution in [1.82, 2.24) is 5.06 Å². The molecule has 0 N–H and O–H groups in total. The van der Waals surface area contributed by atoms with Crippen LogP contribution in [0.3, 0.4) is 0 Å². The van der Waals surface area contributed by atoms with Gasteiger partial charge in [-0.25, -0.2) is 0 Å². The summed E-state index contributed by atoms with van der Waals surface area (Å²) in [6, 6.07) is 8.83. The molecule has 0 aliphatic carbocycles. The van der Waals surface area contributed by atoms with E-state index in [0.29, 0.717) is 13.0 Å². The lowest BCUT2D eigenvalue weighted by molar-refractivity contribution is -0.418. The predicted molar refractivity (Wildman–Crippen MR) is 52.3 cm³/mol. The molecule has 1 heterocycles. The highest BCUT2D eigenvalue weighted by molar-refractivity contribution is 5.19. The number of rotatable bonds is 2. The van der Waals surface area contributed by atoms with E-state index in [4.69, 9.17) is 0 Å². The number of nitrogens with zero attached hydrogens (tertiary/aromatic N) is 1. The summed E-state index contributed by atoms with van der Waals surface area (Å²) in [5.74, 6) is 0. The topological polar surface area (TPSA) is 12.5 Å². The molecule has 88 valence electrons. The quantitative estimate of drug-likeness (QED) is 0.774. The fraction of sp³-hybridized carbons (Fsp3) is 0.455. The molecule has 16 heavy (non-hydrogen) atoms. The molecule has 0 aromatic heterocycles. The van der Waals surface area contributed by atoms with E-state index in [0.717, 1.165) is 17.0 Å². The minimum atomic E-state index is -4.60. The average Bonchev–Trinajstić information content (AvgIpc) is 2.64. The number of hydrogen-bond donors (Lipinski definition) is 0. The molecule has 1 aromatic carbocycles. The van der Waals surface area contributed by atoms with E-state index in [9.17, 15) is 13.2 Å². The van der Waals surface area contributed by atoms with E-state index in [1.54, 1.807) is 0 Å². The molecule has 0 amide bonds. The fourth-order valence-corrected chi connectivity index (χ4v) is 1.99. The van der Waals surface area contributed by atoms with Crippen LogP contribution in [-0.4, -0.2) is 18.0 Å². The zero-order valence-electron chi connectivity index (χ0n) is 8.57. The lowest BCUT2D eigenvalue weighted by Gasteiger charge is -2.24. The minimum absolute atomic E-state index is 0.289. The fourth-order valence-electron chi connectivity index (χ4n) is 1.99. The first-order valence-electron chi connectivity index (χ1n) is 5.14. The Kier molecular flexibility index (Phi) is 3.16. The third kappa shape index (κ3) is 2.74. The highest BCUT2D eigenvalue weighted by Gasteiger charge is 2.38. The van der Waals surface area contributed by atoms with Gasteiger partial charge >= 0.3 is 6.36 Å². The van der Waals surface area contributed by atoms with Gasteiger partial charge in [-0.3, -0.25) is 0 Å². The maximum Gasteiger partial charge on any atom is 0.539 e. The molecule has 1 fully saturated rings. The smallest absolute Gasteiger partial charge is 0.200 e. The van der Waals surface area contributed by atoms with E-state index < -0.39 is 6.36 Å². The number of hydroxylamine groups is 2. The first kappa shape index (κ1) is 11.4. The average molecular weight is 231 g/mol. The molecule has 5 heteroatoms. The molecule has 0 radical (unpaired) electrons. The van der Waals surface area contributed by atoms with E-state index in [1.165, 1.54) is 0 Å². The highest BCUT2D eigenvalue weighted by Crippen LogP contribution is 2.34. The molecule has 0 saturated carbocycles. The van der Waals surface area contributed by atoms with Crippen molar-refractivity contribution in [3.63, 3.8) is 0 Å². The standard InChI is InChI=1S/C11H12F3NO/c12-11(13,14)16-15-8-4-7-10(15)9-5-2-1-3-6-9/h1-3,5-6,10H,4,7-8H2. The van der Waals surface area contributed by atoms with Crippen molar-refractivity contribution in [2.24, 2.45) is 0 Å². The third-order valence-corrected chi connectivity index (χ3v) is 2.61. The van der Waals surface area contributed by atoms with Crippen LogP contribution in [0, 0.1) is 0 Å². The van der Waals surface area contributed by atoms with Crippen molar-refractivity contribution >= 4 is 0 Å². The van der Waals surface area contributed by atoms with Gasteiger partial charge in [0.15, 0.2) is 0 Å². The summed E-state index contributed by atoms with van der Waals surface area (Å²) in [5.41, 5.74) is 0.865. The Morgan fingerprint density at radius 1 is 1.19 bits per heavy atom. The summed E-state index contributed by atoms with van der Waals surface area (Å²) < 4.78 is 36.4. The Balaban J connectivity index is 2.10. The number of halogens is 3. The van der Waals surface area contributed by atoms with E-state index in [2.05, 4.69) is 4.84 Å². The van der Waals surface area contributed by atoms with Crippen LogP contribution in [0.15, 0.2) is 30.3 Å². The van der Waals surface area contributed by atoms with Crippen molar-refractivity contribution < 1.29 is 18.0 Å². The van der Waals surface area contributed by atoms with Crippen molar-refractivity contribution in [2.45, 2.75) is 25.2 Å². The first-order chi connectivity index (χ1) is 7.56. The second-order valence-electron chi connectivity index (χ2n) is 3.75. The van der Waals surface area contributed by atoms with Gasteiger partial charge in [-0.15, -0.1) is 13.2 Å². The highest BCUT2D eigenvalue weighted by atomic mass is 19.4. The van der Waals surface area contributed by atoms with Crippen LogP contribution in [0.1, 0.15) is 24.4 Å². The maximum atomic E-state index is 12.1. The second-order valence-corrected chi connectivity index (χ2v) is 3.75. The molecule has 1 unspecified atom stereocenters. The summed E-state index contributed by atoms with van der Waals surface area (Å²) >= 11 is 0. The largest absolute Gasteiger partial charge is 0.539 e. The minimum Gasteiger partial charge on any atom is -0.200 e.